The van der Waals surface area contributed by atoms with Gasteiger partial charge in [0.15, 0.2) is 0 Å². The molecular formula is C17H35N. The van der Waals surface area contributed by atoms with Gasteiger partial charge >= 0.3 is 0 Å². The number of hydrogen-bond donors (Lipinski definition) is 1. The van der Waals surface area contributed by atoms with Crippen LogP contribution in [-0.2, 0) is 0 Å². The van der Waals surface area contributed by atoms with Crippen LogP contribution in [0, 0.1) is 11.8 Å². The zero-order valence-electron chi connectivity index (χ0n) is 13.0. The Morgan fingerprint density at radius 2 is 2.00 bits per heavy atom. The summed E-state index contributed by atoms with van der Waals surface area (Å²) in [6, 6.07) is 0.725. The van der Waals surface area contributed by atoms with E-state index in [-0.39, 0.29) is 0 Å². The van der Waals surface area contributed by atoms with Crippen LogP contribution in [0.25, 0.3) is 0 Å². The SMILES string of the molecule is CCCCCCC(C)NCCC1CCCC(C)C1. The van der Waals surface area contributed by atoms with Gasteiger partial charge in [-0.15, -0.1) is 0 Å². The molecule has 108 valence electrons. The summed E-state index contributed by atoms with van der Waals surface area (Å²) in [5, 5.41) is 3.72. The normalized spacial score (nSPS) is 26.2. The van der Waals surface area contributed by atoms with Gasteiger partial charge in [0.1, 0.15) is 0 Å². The fraction of sp³-hybridized carbons (Fsp3) is 1.00. The molecule has 0 amide bonds. The third-order valence-corrected chi connectivity index (χ3v) is 4.58. The molecule has 1 fully saturated rings. The van der Waals surface area contributed by atoms with E-state index < -0.39 is 0 Å². The lowest BCUT2D eigenvalue weighted by Gasteiger charge is -2.27. The lowest BCUT2D eigenvalue weighted by molar-refractivity contribution is 0.264. The van der Waals surface area contributed by atoms with Crippen molar-refractivity contribution in [3.05, 3.63) is 0 Å². The van der Waals surface area contributed by atoms with Crippen LogP contribution in [0.4, 0.5) is 0 Å². The average Bonchev–Trinajstić information content (AvgIpc) is 2.35. The Labute approximate surface area is 115 Å². The van der Waals surface area contributed by atoms with E-state index in [1.165, 1.54) is 70.8 Å². The van der Waals surface area contributed by atoms with Gasteiger partial charge in [0.2, 0.25) is 0 Å². The van der Waals surface area contributed by atoms with E-state index in [1.54, 1.807) is 0 Å². The van der Waals surface area contributed by atoms with Crippen LogP contribution in [0.3, 0.4) is 0 Å². The Hall–Kier alpha value is -0.0400. The summed E-state index contributed by atoms with van der Waals surface area (Å²) >= 11 is 0. The zero-order chi connectivity index (χ0) is 13.2. The zero-order valence-corrected chi connectivity index (χ0v) is 13.0. The number of nitrogens with one attached hydrogen (secondary N) is 1. The van der Waals surface area contributed by atoms with Gasteiger partial charge in [-0.2, -0.15) is 0 Å². The van der Waals surface area contributed by atoms with E-state index in [9.17, 15) is 0 Å². The maximum Gasteiger partial charge on any atom is 0.00387 e. The van der Waals surface area contributed by atoms with Crippen molar-refractivity contribution in [2.24, 2.45) is 11.8 Å². The molecule has 1 aliphatic rings. The molecule has 1 rings (SSSR count). The minimum atomic E-state index is 0.725. The third kappa shape index (κ3) is 7.41. The lowest BCUT2D eigenvalue weighted by atomic mass is 9.81. The first-order valence-corrected chi connectivity index (χ1v) is 8.45. The van der Waals surface area contributed by atoms with Crippen molar-refractivity contribution in [1.29, 1.82) is 0 Å². The Bertz CT molecular complexity index is 190. The lowest BCUT2D eigenvalue weighted by Crippen LogP contribution is -2.29. The second kappa shape index (κ2) is 9.83. The van der Waals surface area contributed by atoms with E-state index in [0.717, 1.165) is 17.9 Å². The van der Waals surface area contributed by atoms with Crippen molar-refractivity contribution in [1.82, 2.24) is 5.32 Å². The highest BCUT2D eigenvalue weighted by molar-refractivity contribution is 4.72. The molecule has 0 aromatic heterocycles. The summed E-state index contributed by atoms with van der Waals surface area (Å²) < 4.78 is 0. The molecule has 3 unspecified atom stereocenters. The van der Waals surface area contributed by atoms with Crippen LogP contribution in [0.1, 0.15) is 85.0 Å². The molecule has 0 bridgehead atoms. The molecule has 0 heterocycles. The molecule has 18 heavy (non-hydrogen) atoms. The highest BCUT2D eigenvalue weighted by atomic mass is 14.9. The van der Waals surface area contributed by atoms with Crippen molar-refractivity contribution in [3.8, 4) is 0 Å². The van der Waals surface area contributed by atoms with Crippen molar-refractivity contribution in [3.63, 3.8) is 0 Å². The summed E-state index contributed by atoms with van der Waals surface area (Å²) in [7, 11) is 0. The molecule has 0 radical (unpaired) electrons. The van der Waals surface area contributed by atoms with Gasteiger partial charge in [0, 0.05) is 6.04 Å². The van der Waals surface area contributed by atoms with E-state index >= 15 is 0 Å². The molecule has 0 aromatic carbocycles. The molecule has 0 spiro atoms. The van der Waals surface area contributed by atoms with Gasteiger partial charge in [-0.3, -0.25) is 0 Å². The van der Waals surface area contributed by atoms with Gasteiger partial charge in [-0.05, 0) is 44.6 Å². The summed E-state index contributed by atoms with van der Waals surface area (Å²) in [5.74, 6) is 1.99. The molecule has 1 N–H and O–H groups in total. The van der Waals surface area contributed by atoms with Crippen LogP contribution in [-0.4, -0.2) is 12.6 Å². The predicted octanol–water partition coefficient (Wildman–Crippen LogP) is 5.15. The largest absolute Gasteiger partial charge is 0.314 e. The minimum Gasteiger partial charge on any atom is -0.314 e. The molecule has 0 aromatic rings. The molecule has 0 saturated heterocycles. The summed E-state index contributed by atoms with van der Waals surface area (Å²) in [6.07, 6.45) is 14.3. The first-order valence-electron chi connectivity index (χ1n) is 8.45. The highest BCUT2D eigenvalue weighted by Crippen LogP contribution is 2.30. The first kappa shape index (κ1) is 16.0. The molecule has 0 aliphatic heterocycles. The van der Waals surface area contributed by atoms with E-state index in [1.807, 2.05) is 0 Å². The monoisotopic (exact) mass is 253 g/mol. The fourth-order valence-corrected chi connectivity index (χ4v) is 3.34. The average molecular weight is 253 g/mol. The van der Waals surface area contributed by atoms with Gasteiger partial charge in [0.25, 0.3) is 0 Å². The van der Waals surface area contributed by atoms with Crippen LogP contribution < -0.4 is 5.32 Å². The maximum atomic E-state index is 3.72. The fourth-order valence-electron chi connectivity index (χ4n) is 3.34. The molecule has 3 atom stereocenters. The van der Waals surface area contributed by atoms with Crippen LogP contribution in [0.5, 0.6) is 0 Å². The Balaban J connectivity index is 1.95. The summed E-state index contributed by atoms with van der Waals surface area (Å²) in [5.41, 5.74) is 0. The number of unbranched alkanes of at least 4 members (excludes halogenated alkanes) is 3. The third-order valence-electron chi connectivity index (χ3n) is 4.58. The number of hydrogen-bond acceptors (Lipinski definition) is 1. The topological polar surface area (TPSA) is 12.0 Å². The Kier molecular flexibility index (Phi) is 8.75. The second-order valence-corrected chi connectivity index (χ2v) is 6.63. The van der Waals surface area contributed by atoms with Crippen molar-refractivity contribution < 1.29 is 0 Å². The number of rotatable bonds is 9. The molecular weight excluding hydrogens is 218 g/mol. The van der Waals surface area contributed by atoms with Crippen molar-refractivity contribution in [2.75, 3.05) is 6.54 Å². The van der Waals surface area contributed by atoms with Crippen LogP contribution in [0.15, 0.2) is 0 Å². The van der Waals surface area contributed by atoms with E-state index in [4.69, 9.17) is 0 Å². The van der Waals surface area contributed by atoms with Crippen LogP contribution >= 0.6 is 0 Å². The predicted molar refractivity (Wildman–Crippen MR) is 82.0 cm³/mol. The Morgan fingerprint density at radius 3 is 2.72 bits per heavy atom. The maximum absolute atomic E-state index is 3.72. The molecule has 1 heteroatoms. The smallest absolute Gasteiger partial charge is 0.00387 e. The molecule has 1 saturated carbocycles. The summed E-state index contributed by atoms with van der Waals surface area (Å²) in [4.78, 5) is 0. The first-order chi connectivity index (χ1) is 8.72. The van der Waals surface area contributed by atoms with Crippen LogP contribution in [0.2, 0.25) is 0 Å². The second-order valence-electron chi connectivity index (χ2n) is 6.63. The van der Waals surface area contributed by atoms with Crippen molar-refractivity contribution in [2.45, 2.75) is 91.0 Å². The van der Waals surface area contributed by atoms with Gasteiger partial charge in [-0.25, -0.2) is 0 Å². The molecule has 1 nitrogen and oxygen atoms in total. The summed E-state index contributed by atoms with van der Waals surface area (Å²) in [6.45, 7) is 8.31. The van der Waals surface area contributed by atoms with E-state index in [0.29, 0.717) is 0 Å². The van der Waals surface area contributed by atoms with Gasteiger partial charge in [-0.1, -0.05) is 58.8 Å². The Morgan fingerprint density at radius 1 is 1.17 bits per heavy atom. The molecule has 1 aliphatic carbocycles. The van der Waals surface area contributed by atoms with E-state index in [2.05, 4.69) is 26.1 Å². The van der Waals surface area contributed by atoms with Crippen molar-refractivity contribution >= 4 is 0 Å². The highest BCUT2D eigenvalue weighted by Gasteiger charge is 2.18. The van der Waals surface area contributed by atoms with Gasteiger partial charge in [0.05, 0.1) is 0 Å². The standard InChI is InChI=1S/C17H35N/c1-4-5-6-7-10-16(3)18-13-12-17-11-8-9-15(2)14-17/h15-18H,4-14H2,1-3H3. The van der Waals surface area contributed by atoms with Gasteiger partial charge < -0.3 is 5.32 Å². The quantitative estimate of drug-likeness (QED) is 0.560. The minimum absolute atomic E-state index is 0.725.